The van der Waals surface area contributed by atoms with E-state index in [1.54, 1.807) is 17.1 Å². The van der Waals surface area contributed by atoms with Gasteiger partial charge in [0.05, 0.1) is 11.2 Å². The lowest BCUT2D eigenvalue weighted by atomic mass is 10.2. The van der Waals surface area contributed by atoms with Gasteiger partial charge < -0.3 is 0 Å². The third-order valence-corrected chi connectivity index (χ3v) is 4.88. The smallest absolute Gasteiger partial charge is 0.267 e. The lowest BCUT2D eigenvalue weighted by Crippen LogP contribution is -2.17. The molecular formula is C17H13N3OS. The van der Waals surface area contributed by atoms with Gasteiger partial charge in [-0.25, -0.2) is 9.97 Å². The van der Waals surface area contributed by atoms with Gasteiger partial charge in [0.15, 0.2) is 0 Å². The Bertz CT molecular complexity index is 1060. The van der Waals surface area contributed by atoms with Crippen molar-refractivity contribution in [3.63, 3.8) is 0 Å². The minimum atomic E-state index is -0.0451. The second-order valence-corrected chi connectivity index (χ2v) is 6.34. The Morgan fingerprint density at radius 1 is 1.05 bits per heavy atom. The van der Waals surface area contributed by atoms with Gasteiger partial charge in [0, 0.05) is 11.6 Å². The van der Waals surface area contributed by atoms with E-state index in [4.69, 9.17) is 0 Å². The Kier molecular flexibility index (Phi) is 2.84. The summed E-state index contributed by atoms with van der Waals surface area (Å²) in [4.78, 5) is 22.6. The number of nitrogens with zero attached hydrogens (tertiary/aromatic N) is 3. The summed E-state index contributed by atoms with van der Waals surface area (Å²) in [6.45, 7) is 4.04. The highest BCUT2D eigenvalue weighted by molar-refractivity contribution is 7.25. The molecule has 0 N–H and O–H groups in total. The van der Waals surface area contributed by atoms with Crippen molar-refractivity contribution in [3.05, 3.63) is 64.3 Å². The first-order valence-corrected chi connectivity index (χ1v) is 7.79. The van der Waals surface area contributed by atoms with Crippen LogP contribution < -0.4 is 5.56 Å². The molecule has 3 heterocycles. The molecule has 0 bridgehead atoms. The molecular weight excluding hydrogens is 294 g/mol. The molecule has 0 fully saturated rings. The van der Waals surface area contributed by atoms with Crippen molar-refractivity contribution >= 4 is 31.8 Å². The van der Waals surface area contributed by atoms with Crippen molar-refractivity contribution in [1.29, 1.82) is 0 Å². The number of hydrogen-bond acceptors (Lipinski definition) is 4. The van der Waals surface area contributed by atoms with Gasteiger partial charge >= 0.3 is 0 Å². The lowest BCUT2D eigenvalue weighted by molar-refractivity contribution is 0.966. The van der Waals surface area contributed by atoms with E-state index in [9.17, 15) is 4.79 Å². The van der Waals surface area contributed by atoms with E-state index in [0.29, 0.717) is 4.70 Å². The molecule has 108 valence electrons. The van der Waals surface area contributed by atoms with E-state index in [1.165, 1.54) is 11.3 Å². The molecule has 4 nitrogen and oxygen atoms in total. The number of fused-ring (bicyclic) bond motifs is 3. The summed E-state index contributed by atoms with van der Waals surface area (Å²) in [6, 6.07) is 9.79. The van der Waals surface area contributed by atoms with Crippen molar-refractivity contribution in [3.8, 4) is 5.69 Å². The van der Waals surface area contributed by atoms with Crippen LogP contribution in [-0.2, 0) is 0 Å². The van der Waals surface area contributed by atoms with Gasteiger partial charge in [0.2, 0.25) is 0 Å². The Labute approximate surface area is 130 Å². The maximum absolute atomic E-state index is 12.8. The summed E-state index contributed by atoms with van der Waals surface area (Å²) in [6.07, 6.45) is 3.37. The molecule has 0 aliphatic carbocycles. The molecule has 1 aromatic carbocycles. The van der Waals surface area contributed by atoms with Crippen molar-refractivity contribution < 1.29 is 0 Å². The highest BCUT2D eigenvalue weighted by Gasteiger charge is 2.14. The Balaban J connectivity index is 2.06. The summed E-state index contributed by atoms with van der Waals surface area (Å²) in [5.41, 5.74) is 3.78. The SMILES string of the molecule is Cc1ccc(-n2cnc3c(sc4nccc(C)c43)c2=O)cc1. The molecule has 22 heavy (non-hydrogen) atoms. The van der Waals surface area contributed by atoms with Crippen molar-refractivity contribution in [2.24, 2.45) is 0 Å². The largest absolute Gasteiger partial charge is 0.275 e. The molecule has 0 saturated carbocycles. The number of pyridine rings is 1. The van der Waals surface area contributed by atoms with Gasteiger partial charge in [-0.3, -0.25) is 9.36 Å². The topological polar surface area (TPSA) is 47.8 Å². The van der Waals surface area contributed by atoms with Crippen LogP contribution in [0, 0.1) is 13.8 Å². The molecule has 0 unspecified atom stereocenters. The number of rotatable bonds is 1. The van der Waals surface area contributed by atoms with Crippen LogP contribution >= 0.6 is 11.3 Å². The average Bonchev–Trinajstić information content (AvgIpc) is 2.90. The molecule has 0 aliphatic rings. The maximum Gasteiger partial charge on any atom is 0.275 e. The number of hydrogen-bond donors (Lipinski definition) is 0. The predicted octanol–water partition coefficient (Wildman–Crippen LogP) is 3.61. The summed E-state index contributed by atoms with van der Waals surface area (Å²) in [7, 11) is 0. The summed E-state index contributed by atoms with van der Waals surface area (Å²) < 4.78 is 2.24. The average molecular weight is 307 g/mol. The van der Waals surface area contributed by atoms with Crippen LogP contribution in [0.25, 0.3) is 26.1 Å². The number of benzene rings is 1. The molecule has 3 aromatic heterocycles. The number of aryl methyl sites for hydroxylation is 2. The van der Waals surface area contributed by atoms with Gasteiger partial charge in [0.25, 0.3) is 5.56 Å². The van der Waals surface area contributed by atoms with Gasteiger partial charge in [-0.1, -0.05) is 17.7 Å². The molecule has 0 saturated heterocycles. The minimum absolute atomic E-state index is 0.0451. The molecule has 5 heteroatoms. The van der Waals surface area contributed by atoms with Gasteiger partial charge in [-0.05, 0) is 37.6 Å². The Hall–Kier alpha value is -2.53. The van der Waals surface area contributed by atoms with Crippen LogP contribution in [0.2, 0.25) is 0 Å². The fourth-order valence-corrected chi connectivity index (χ4v) is 3.70. The summed E-state index contributed by atoms with van der Waals surface area (Å²) >= 11 is 1.41. The van der Waals surface area contributed by atoms with Crippen LogP contribution in [0.5, 0.6) is 0 Å². The van der Waals surface area contributed by atoms with Gasteiger partial charge in [0.1, 0.15) is 15.9 Å². The van der Waals surface area contributed by atoms with Crippen LogP contribution in [0.15, 0.2) is 47.7 Å². The highest BCUT2D eigenvalue weighted by atomic mass is 32.1. The van der Waals surface area contributed by atoms with E-state index in [2.05, 4.69) is 9.97 Å². The maximum atomic E-state index is 12.8. The van der Waals surface area contributed by atoms with Gasteiger partial charge in [-0.15, -0.1) is 11.3 Å². The Morgan fingerprint density at radius 2 is 1.82 bits per heavy atom. The van der Waals surface area contributed by atoms with Crippen LogP contribution in [0.3, 0.4) is 0 Å². The van der Waals surface area contributed by atoms with E-state index in [1.807, 2.05) is 44.2 Å². The van der Waals surface area contributed by atoms with E-state index < -0.39 is 0 Å². The first kappa shape index (κ1) is 13.2. The molecule has 0 spiro atoms. The second kappa shape index (κ2) is 4.74. The third kappa shape index (κ3) is 1.86. The zero-order valence-electron chi connectivity index (χ0n) is 12.2. The lowest BCUT2D eigenvalue weighted by Gasteiger charge is -2.05. The zero-order chi connectivity index (χ0) is 15.3. The fourth-order valence-electron chi connectivity index (χ4n) is 2.59. The molecule has 0 atom stereocenters. The standard InChI is InChI=1S/C17H13N3OS/c1-10-3-5-12(6-4-10)20-9-19-14-13-11(2)7-8-18-16(13)22-15(14)17(20)21/h3-9H,1-2H3. The minimum Gasteiger partial charge on any atom is -0.267 e. The van der Waals surface area contributed by atoms with Crippen LogP contribution in [0.1, 0.15) is 11.1 Å². The van der Waals surface area contributed by atoms with Crippen LogP contribution in [-0.4, -0.2) is 14.5 Å². The van der Waals surface area contributed by atoms with Crippen LogP contribution in [0.4, 0.5) is 0 Å². The summed E-state index contributed by atoms with van der Waals surface area (Å²) in [5.74, 6) is 0. The third-order valence-electron chi connectivity index (χ3n) is 3.80. The monoisotopic (exact) mass is 307 g/mol. The first-order chi connectivity index (χ1) is 10.6. The zero-order valence-corrected chi connectivity index (χ0v) is 13.0. The van der Waals surface area contributed by atoms with Crippen molar-refractivity contribution in [2.45, 2.75) is 13.8 Å². The number of aromatic nitrogens is 3. The normalized spacial score (nSPS) is 11.4. The molecule has 4 rings (SSSR count). The number of thiophene rings is 1. The van der Waals surface area contributed by atoms with Gasteiger partial charge in [-0.2, -0.15) is 0 Å². The quantitative estimate of drug-likeness (QED) is 0.540. The fraction of sp³-hybridized carbons (Fsp3) is 0.118. The Morgan fingerprint density at radius 3 is 2.59 bits per heavy atom. The highest BCUT2D eigenvalue weighted by Crippen LogP contribution is 2.30. The van der Waals surface area contributed by atoms with E-state index in [-0.39, 0.29) is 5.56 Å². The summed E-state index contributed by atoms with van der Waals surface area (Å²) in [5, 5.41) is 0.982. The predicted molar refractivity (Wildman–Crippen MR) is 90.0 cm³/mol. The molecule has 0 radical (unpaired) electrons. The van der Waals surface area contributed by atoms with Crippen molar-refractivity contribution in [1.82, 2.24) is 14.5 Å². The molecule has 0 amide bonds. The van der Waals surface area contributed by atoms with Crippen molar-refractivity contribution in [2.75, 3.05) is 0 Å². The van der Waals surface area contributed by atoms with E-state index >= 15 is 0 Å². The molecule has 4 aromatic rings. The first-order valence-electron chi connectivity index (χ1n) is 6.97. The molecule has 0 aliphatic heterocycles. The second-order valence-electron chi connectivity index (χ2n) is 5.34. The van der Waals surface area contributed by atoms with E-state index in [0.717, 1.165) is 32.5 Å².